The van der Waals surface area contributed by atoms with Crippen LogP contribution in [0.2, 0.25) is 0 Å². The lowest BCUT2D eigenvalue weighted by Gasteiger charge is -2.03. The zero-order valence-electron chi connectivity index (χ0n) is 16.7. The highest BCUT2D eigenvalue weighted by Crippen LogP contribution is 2.23. The van der Waals surface area contributed by atoms with Crippen LogP contribution in [-0.4, -0.2) is 72.4 Å². The van der Waals surface area contributed by atoms with E-state index in [4.69, 9.17) is 27.7 Å². The van der Waals surface area contributed by atoms with Crippen LogP contribution in [0.25, 0.3) is 10.9 Å². The van der Waals surface area contributed by atoms with Crippen molar-refractivity contribution in [3.8, 4) is 5.75 Å². The molecule has 0 spiro atoms. The Kier molecular flexibility index (Phi) is 9.23. The Morgan fingerprint density at radius 1 is 1.37 bits per heavy atom. The van der Waals surface area contributed by atoms with Gasteiger partial charge in [0.15, 0.2) is 5.96 Å². The fourth-order valence-electron chi connectivity index (χ4n) is 2.43. The number of amides is 2. The number of benzene rings is 1. The van der Waals surface area contributed by atoms with Crippen molar-refractivity contribution >= 4 is 39.1 Å². The van der Waals surface area contributed by atoms with Crippen LogP contribution in [0.1, 0.15) is 12.5 Å². The second kappa shape index (κ2) is 11.1. The number of nitrogens with zero attached hydrogens (tertiary/aromatic N) is 1. The van der Waals surface area contributed by atoms with Crippen molar-refractivity contribution in [1.29, 1.82) is 5.41 Å². The highest BCUT2D eigenvalue weighted by Gasteiger charge is 2.18. The number of fused-ring (bicyclic) bond motifs is 1. The molecule has 0 unspecified atom stereocenters. The summed E-state index contributed by atoms with van der Waals surface area (Å²) in [6, 6.07) is 5.93. The van der Waals surface area contributed by atoms with Gasteiger partial charge in [-0.05, 0) is 30.2 Å². The summed E-state index contributed by atoms with van der Waals surface area (Å²) in [5.74, 6) is 0.938. The Balaban J connectivity index is 0.000000286. The van der Waals surface area contributed by atoms with Gasteiger partial charge in [-0.15, -0.1) is 0 Å². The van der Waals surface area contributed by atoms with Crippen LogP contribution in [0.4, 0.5) is 0 Å². The molecule has 12 nitrogen and oxygen atoms in total. The standard InChI is InChI=1S/C13H16N2O2.C4H7N3O.H2O4S/c1-9(16)14-6-5-10-8-15-13-4-3-11(17-2)7-12(10)13;1-7-2-3(8)6-4(7)5;1-5(2,3)4/h3-4,7-8,15H,5-6H2,1-2H3,(H,14,16);2H2,1H3,(H2,5,6,8);(H2,1,2,3,4). The van der Waals surface area contributed by atoms with E-state index in [2.05, 4.69) is 15.6 Å². The number of rotatable bonds is 4. The minimum Gasteiger partial charge on any atom is -0.497 e. The van der Waals surface area contributed by atoms with Gasteiger partial charge in [0.1, 0.15) is 5.75 Å². The van der Waals surface area contributed by atoms with E-state index in [1.165, 1.54) is 12.5 Å². The molecule has 1 saturated heterocycles. The summed E-state index contributed by atoms with van der Waals surface area (Å²) in [5, 5.41) is 13.3. The minimum atomic E-state index is -4.67. The van der Waals surface area contributed by atoms with Crippen molar-refractivity contribution in [3.63, 3.8) is 0 Å². The topological polar surface area (TPSA) is 185 Å². The third kappa shape index (κ3) is 9.36. The molecule has 0 bridgehead atoms. The number of aromatic nitrogens is 1. The summed E-state index contributed by atoms with van der Waals surface area (Å²) < 4.78 is 36.8. The second-order valence-electron chi connectivity index (χ2n) is 6.16. The predicted octanol–water partition coefficient (Wildman–Crippen LogP) is 0.185. The maximum absolute atomic E-state index is 10.8. The summed E-state index contributed by atoms with van der Waals surface area (Å²) in [6.45, 7) is 2.50. The molecule has 0 radical (unpaired) electrons. The number of ether oxygens (including phenoxy) is 1. The molecular formula is C17H25N5O7S. The number of hydrogen-bond donors (Lipinski definition) is 6. The molecule has 1 aliphatic heterocycles. The van der Waals surface area contributed by atoms with Crippen LogP contribution >= 0.6 is 0 Å². The SMILES string of the molecule is CN1CC(=O)NC1=N.COc1ccc2[nH]cc(CCNC(C)=O)c2c1.O=S(=O)(O)O. The molecule has 1 fully saturated rings. The third-order valence-corrected chi connectivity index (χ3v) is 3.76. The third-order valence-electron chi connectivity index (χ3n) is 3.76. The lowest BCUT2D eigenvalue weighted by molar-refractivity contribution is -0.119. The zero-order chi connectivity index (χ0) is 22.9. The van der Waals surface area contributed by atoms with Gasteiger partial charge in [-0.3, -0.25) is 29.4 Å². The maximum Gasteiger partial charge on any atom is 0.394 e. The number of likely N-dealkylation sites (N-methyl/N-ethyl adjacent to an activating group) is 1. The van der Waals surface area contributed by atoms with E-state index in [1.807, 2.05) is 24.4 Å². The molecule has 0 aliphatic carbocycles. The lowest BCUT2D eigenvalue weighted by atomic mass is 10.1. The van der Waals surface area contributed by atoms with Crippen molar-refractivity contribution in [2.24, 2.45) is 0 Å². The Labute approximate surface area is 173 Å². The largest absolute Gasteiger partial charge is 0.497 e. The molecule has 3 rings (SSSR count). The number of guanidine groups is 1. The first-order chi connectivity index (χ1) is 13.9. The van der Waals surface area contributed by atoms with Gasteiger partial charge in [0.25, 0.3) is 0 Å². The molecule has 1 aliphatic rings. The first-order valence-corrected chi connectivity index (χ1v) is 9.98. The summed E-state index contributed by atoms with van der Waals surface area (Å²) in [6.07, 6.45) is 2.79. The number of methoxy groups -OCH3 is 1. The molecule has 1 aromatic heterocycles. The van der Waals surface area contributed by atoms with E-state index >= 15 is 0 Å². The molecule has 0 atom stereocenters. The summed E-state index contributed by atoms with van der Waals surface area (Å²) in [7, 11) is -1.31. The molecule has 2 heterocycles. The van der Waals surface area contributed by atoms with Crippen LogP contribution < -0.4 is 15.4 Å². The Hall–Kier alpha value is -3.16. The highest BCUT2D eigenvalue weighted by molar-refractivity contribution is 7.79. The van der Waals surface area contributed by atoms with Gasteiger partial charge in [0.05, 0.1) is 13.7 Å². The van der Waals surface area contributed by atoms with E-state index in [0.29, 0.717) is 13.1 Å². The van der Waals surface area contributed by atoms with Crippen molar-refractivity contribution < 1.29 is 31.8 Å². The van der Waals surface area contributed by atoms with Crippen LogP contribution in [0.15, 0.2) is 24.4 Å². The molecule has 2 aromatic rings. The van der Waals surface area contributed by atoms with Gasteiger partial charge in [0.2, 0.25) is 11.8 Å². The lowest BCUT2D eigenvalue weighted by Crippen LogP contribution is -2.25. The normalized spacial score (nSPS) is 13.0. The molecule has 13 heteroatoms. The maximum atomic E-state index is 10.8. The average molecular weight is 443 g/mol. The summed E-state index contributed by atoms with van der Waals surface area (Å²) in [5.41, 5.74) is 2.27. The first-order valence-electron chi connectivity index (χ1n) is 8.58. The Morgan fingerprint density at radius 3 is 2.43 bits per heavy atom. The quantitative estimate of drug-likeness (QED) is 0.361. The number of nitrogens with one attached hydrogen (secondary N) is 4. The molecule has 30 heavy (non-hydrogen) atoms. The van der Waals surface area contributed by atoms with Crippen molar-refractivity contribution in [2.45, 2.75) is 13.3 Å². The highest BCUT2D eigenvalue weighted by atomic mass is 32.3. The summed E-state index contributed by atoms with van der Waals surface area (Å²) in [4.78, 5) is 25.9. The summed E-state index contributed by atoms with van der Waals surface area (Å²) >= 11 is 0. The minimum absolute atomic E-state index is 0.00224. The van der Waals surface area contributed by atoms with E-state index in [1.54, 1.807) is 19.1 Å². The van der Waals surface area contributed by atoms with Crippen LogP contribution in [-0.2, 0) is 26.4 Å². The van der Waals surface area contributed by atoms with E-state index in [-0.39, 0.29) is 17.8 Å². The van der Waals surface area contributed by atoms with Crippen LogP contribution in [0.3, 0.4) is 0 Å². The fraction of sp³-hybridized carbons (Fsp3) is 0.353. The number of H-pyrrole nitrogens is 1. The average Bonchev–Trinajstić information content (AvgIpc) is 3.15. The van der Waals surface area contributed by atoms with Gasteiger partial charge in [-0.2, -0.15) is 8.42 Å². The van der Waals surface area contributed by atoms with E-state index in [0.717, 1.165) is 23.1 Å². The van der Waals surface area contributed by atoms with E-state index in [9.17, 15) is 9.59 Å². The van der Waals surface area contributed by atoms with Gasteiger partial charge in [-0.25, -0.2) is 0 Å². The van der Waals surface area contributed by atoms with Crippen LogP contribution in [0, 0.1) is 5.41 Å². The number of carbonyl (C=O) groups excluding carboxylic acids is 2. The Bertz CT molecular complexity index is 995. The van der Waals surface area contributed by atoms with Crippen molar-refractivity contribution in [3.05, 3.63) is 30.0 Å². The Morgan fingerprint density at radius 2 is 2.00 bits per heavy atom. The molecule has 0 saturated carbocycles. The van der Waals surface area contributed by atoms with Crippen LogP contribution in [0.5, 0.6) is 5.75 Å². The number of carbonyl (C=O) groups is 2. The van der Waals surface area contributed by atoms with Gasteiger partial charge >= 0.3 is 10.4 Å². The molecule has 1 aromatic carbocycles. The number of aromatic amines is 1. The van der Waals surface area contributed by atoms with Crippen molar-refractivity contribution in [2.75, 3.05) is 27.2 Å². The predicted molar refractivity (Wildman–Crippen MR) is 110 cm³/mol. The monoisotopic (exact) mass is 443 g/mol. The van der Waals surface area contributed by atoms with Crippen molar-refractivity contribution in [1.82, 2.24) is 20.5 Å². The molecule has 166 valence electrons. The second-order valence-corrected chi connectivity index (χ2v) is 7.05. The van der Waals surface area contributed by atoms with Gasteiger partial charge in [-0.1, -0.05) is 0 Å². The van der Waals surface area contributed by atoms with Gasteiger partial charge in [0, 0.05) is 37.6 Å². The first kappa shape index (κ1) is 24.9. The number of hydrogen-bond acceptors (Lipinski definition) is 6. The smallest absolute Gasteiger partial charge is 0.394 e. The molecule has 2 amide bonds. The molecule has 6 N–H and O–H groups in total. The van der Waals surface area contributed by atoms with Gasteiger partial charge < -0.3 is 19.9 Å². The molecular weight excluding hydrogens is 418 g/mol. The van der Waals surface area contributed by atoms with E-state index < -0.39 is 10.4 Å². The zero-order valence-corrected chi connectivity index (χ0v) is 17.5. The fourth-order valence-corrected chi connectivity index (χ4v) is 2.43.